The summed E-state index contributed by atoms with van der Waals surface area (Å²) in [5.74, 6) is -0.331. The standard InChI is InChI=1S/C23H23NO4S/c1-15(23(27)18-10-9-16-5-4-6-17(16)13-18)28-22(26)11-12-24-19-7-2-3-8-20(19)29-14-21(24)25/h2-3,7-10,13,15H,4-6,11-12,14H2,1H3/t15-/m1/s1. The molecular formula is C23H23NO4S. The number of fused-ring (bicyclic) bond motifs is 2. The monoisotopic (exact) mass is 409 g/mol. The molecule has 1 aliphatic carbocycles. The molecule has 2 aromatic rings. The van der Waals surface area contributed by atoms with Crippen LogP contribution in [0.2, 0.25) is 0 Å². The van der Waals surface area contributed by atoms with Crippen molar-refractivity contribution in [3.05, 3.63) is 59.2 Å². The Morgan fingerprint density at radius 2 is 1.93 bits per heavy atom. The van der Waals surface area contributed by atoms with E-state index in [-0.39, 0.29) is 24.7 Å². The molecule has 150 valence electrons. The smallest absolute Gasteiger partial charge is 0.308 e. The van der Waals surface area contributed by atoms with Crippen molar-refractivity contribution in [2.24, 2.45) is 0 Å². The summed E-state index contributed by atoms with van der Waals surface area (Å²) in [5, 5.41) is 0. The highest BCUT2D eigenvalue weighted by atomic mass is 32.2. The average molecular weight is 410 g/mol. The van der Waals surface area contributed by atoms with Crippen LogP contribution in [-0.2, 0) is 27.2 Å². The second-order valence-corrected chi connectivity index (χ2v) is 8.40. The zero-order valence-corrected chi connectivity index (χ0v) is 17.2. The molecule has 0 saturated heterocycles. The van der Waals surface area contributed by atoms with Crippen LogP contribution < -0.4 is 4.90 Å². The number of anilines is 1. The minimum Gasteiger partial charge on any atom is -0.454 e. The molecule has 6 heteroatoms. The van der Waals surface area contributed by atoms with Crippen molar-refractivity contribution in [1.29, 1.82) is 0 Å². The van der Waals surface area contributed by atoms with Crippen LogP contribution in [0.5, 0.6) is 0 Å². The number of nitrogens with zero attached hydrogens (tertiary/aromatic N) is 1. The number of amides is 1. The summed E-state index contributed by atoms with van der Waals surface area (Å²) in [6, 6.07) is 13.4. The number of para-hydroxylation sites is 1. The number of aryl methyl sites for hydroxylation is 2. The average Bonchev–Trinajstić information content (AvgIpc) is 3.20. The fourth-order valence-electron chi connectivity index (χ4n) is 3.87. The largest absolute Gasteiger partial charge is 0.454 e. The third-order valence-electron chi connectivity index (χ3n) is 5.41. The summed E-state index contributed by atoms with van der Waals surface area (Å²) in [4.78, 5) is 39.9. The van der Waals surface area contributed by atoms with Crippen LogP contribution in [0.1, 0.15) is 41.3 Å². The van der Waals surface area contributed by atoms with E-state index >= 15 is 0 Å². The van der Waals surface area contributed by atoms with Gasteiger partial charge in [-0.3, -0.25) is 14.4 Å². The molecule has 1 amide bonds. The summed E-state index contributed by atoms with van der Waals surface area (Å²) < 4.78 is 5.37. The molecule has 4 rings (SSSR count). The summed E-state index contributed by atoms with van der Waals surface area (Å²) >= 11 is 1.50. The molecule has 0 aromatic heterocycles. The number of rotatable bonds is 6. The van der Waals surface area contributed by atoms with Crippen LogP contribution in [0.15, 0.2) is 47.4 Å². The molecule has 0 unspecified atom stereocenters. The molecule has 0 spiro atoms. The van der Waals surface area contributed by atoms with Gasteiger partial charge in [0.25, 0.3) is 0 Å². The third kappa shape index (κ3) is 4.22. The first kappa shape index (κ1) is 19.7. The zero-order chi connectivity index (χ0) is 20.4. The van der Waals surface area contributed by atoms with Crippen LogP contribution in [0, 0.1) is 0 Å². The first-order chi connectivity index (χ1) is 14.0. The summed E-state index contributed by atoms with van der Waals surface area (Å²) in [7, 11) is 0. The van der Waals surface area contributed by atoms with Crippen molar-refractivity contribution >= 4 is 35.1 Å². The molecule has 2 aromatic carbocycles. The molecule has 0 radical (unpaired) electrons. The van der Waals surface area contributed by atoms with Gasteiger partial charge in [-0.25, -0.2) is 0 Å². The lowest BCUT2D eigenvalue weighted by molar-refractivity contribution is -0.146. The van der Waals surface area contributed by atoms with Crippen LogP contribution in [0.25, 0.3) is 0 Å². The van der Waals surface area contributed by atoms with E-state index in [4.69, 9.17) is 4.74 Å². The van der Waals surface area contributed by atoms with Gasteiger partial charge in [0, 0.05) is 17.0 Å². The summed E-state index contributed by atoms with van der Waals surface area (Å²) in [6.07, 6.45) is 2.38. The Labute approximate surface area is 174 Å². The van der Waals surface area contributed by atoms with Gasteiger partial charge in [0.1, 0.15) is 0 Å². The highest BCUT2D eigenvalue weighted by molar-refractivity contribution is 8.00. The van der Waals surface area contributed by atoms with Gasteiger partial charge in [-0.2, -0.15) is 0 Å². The fourth-order valence-corrected chi connectivity index (χ4v) is 4.81. The second kappa shape index (κ2) is 8.41. The molecule has 29 heavy (non-hydrogen) atoms. The number of carbonyl (C=O) groups is 3. The number of esters is 1. The van der Waals surface area contributed by atoms with E-state index in [1.165, 1.54) is 22.9 Å². The van der Waals surface area contributed by atoms with E-state index in [0.717, 1.165) is 29.8 Å². The maximum absolute atomic E-state index is 12.7. The topological polar surface area (TPSA) is 63.7 Å². The number of hydrogen-bond acceptors (Lipinski definition) is 5. The number of Topliss-reactive ketones (excluding diaryl/α,β-unsaturated/α-hetero) is 1. The lowest BCUT2D eigenvalue weighted by Crippen LogP contribution is -2.37. The van der Waals surface area contributed by atoms with Gasteiger partial charge in [0.05, 0.1) is 17.9 Å². The van der Waals surface area contributed by atoms with E-state index in [1.54, 1.807) is 11.8 Å². The molecule has 1 aliphatic heterocycles. The van der Waals surface area contributed by atoms with E-state index in [0.29, 0.717) is 11.3 Å². The third-order valence-corrected chi connectivity index (χ3v) is 6.46. The van der Waals surface area contributed by atoms with Gasteiger partial charge in [-0.05, 0) is 55.5 Å². The normalized spacial score (nSPS) is 16.2. The van der Waals surface area contributed by atoms with E-state index in [1.807, 2.05) is 42.5 Å². The minimum atomic E-state index is -0.846. The minimum absolute atomic E-state index is 0.0243. The van der Waals surface area contributed by atoms with Crippen LogP contribution in [0.3, 0.4) is 0 Å². The highest BCUT2D eigenvalue weighted by Gasteiger charge is 2.26. The summed E-state index contributed by atoms with van der Waals surface area (Å²) in [6.45, 7) is 1.85. The lowest BCUT2D eigenvalue weighted by Gasteiger charge is -2.28. The van der Waals surface area contributed by atoms with Crippen molar-refractivity contribution in [3.63, 3.8) is 0 Å². The SMILES string of the molecule is C[C@@H](OC(=O)CCN1C(=O)CSc2ccccc21)C(=O)c1ccc2c(c1)CCC2. The molecular weight excluding hydrogens is 386 g/mol. The number of hydrogen-bond donors (Lipinski definition) is 0. The predicted octanol–water partition coefficient (Wildman–Crippen LogP) is 3.82. The van der Waals surface area contributed by atoms with Gasteiger partial charge in [0.15, 0.2) is 6.10 Å². The van der Waals surface area contributed by atoms with Crippen molar-refractivity contribution < 1.29 is 19.1 Å². The van der Waals surface area contributed by atoms with Gasteiger partial charge in [0.2, 0.25) is 11.7 Å². The Bertz CT molecular complexity index is 971. The van der Waals surface area contributed by atoms with E-state index < -0.39 is 12.1 Å². The Morgan fingerprint density at radius 3 is 2.79 bits per heavy atom. The number of carbonyl (C=O) groups excluding carboxylic acids is 3. The highest BCUT2D eigenvalue weighted by Crippen LogP contribution is 2.34. The lowest BCUT2D eigenvalue weighted by atomic mass is 10.0. The number of benzene rings is 2. The van der Waals surface area contributed by atoms with Gasteiger partial charge < -0.3 is 9.64 Å². The van der Waals surface area contributed by atoms with Gasteiger partial charge in [-0.15, -0.1) is 11.8 Å². The second-order valence-electron chi connectivity index (χ2n) is 7.39. The Hall–Kier alpha value is -2.60. The Morgan fingerprint density at radius 1 is 1.14 bits per heavy atom. The number of ketones is 1. The molecule has 0 saturated carbocycles. The van der Waals surface area contributed by atoms with Crippen molar-refractivity contribution in [2.75, 3.05) is 17.2 Å². The van der Waals surface area contributed by atoms with Crippen LogP contribution >= 0.6 is 11.8 Å². The first-order valence-corrected chi connectivity index (χ1v) is 10.9. The van der Waals surface area contributed by atoms with Gasteiger partial charge >= 0.3 is 5.97 Å². The molecule has 1 heterocycles. The van der Waals surface area contributed by atoms with Crippen molar-refractivity contribution in [3.8, 4) is 0 Å². The Kier molecular flexibility index (Phi) is 5.72. The van der Waals surface area contributed by atoms with Crippen LogP contribution in [-0.4, -0.2) is 36.1 Å². The molecule has 0 fully saturated rings. The molecule has 0 N–H and O–H groups in total. The zero-order valence-electron chi connectivity index (χ0n) is 16.3. The van der Waals surface area contributed by atoms with E-state index in [9.17, 15) is 14.4 Å². The first-order valence-electron chi connectivity index (χ1n) is 9.90. The summed E-state index contributed by atoms with van der Waals surface area (Å²) in [5.41, 5.74) is 3.93. The quantitative estimate of drug-likeness (QED) is 0.536. The molecule has 2 aliphatic rings. The molecule has 1 atom stereocenters. The maximum atomic E-state index is 12.7. The predicted molar refractivity (Wildman–Crippen MR) is 112 cm³/mol. The van der Waals surface area contributed by atoms with Gasteiger partial charge in [-0.1, -0.05) is 24.3 Å². The molecule has 5 nitrogen and oxygen atoms in total. The van der Waals surface area contributed by atoms with E-state index in [2.05, 4.69) is 0 Å². The van der Waals surface area contributed by atoms with Crippen molar-refractivity contribution in [1.82, 2.24) is 0 Å². The number of thioether (sulfide) groups is 1. The molecule has 0 bridgehead atoms. The van der Waals surface area contributed by atoms with Crippen LogP contribution in [0.4, 0.5) is 5.69 Å². The maximum Gasteiger partial charge on any atom is 0.308 e. The van der Waals surface area contributed by atoms with Crippen molar-refractivity contribution in [2.45, 2.75) is 43.6 Å². The Balaban J connectivity index is 1.35. The fraction of sp³-hybridized carbons (Fsp3) is 0.348. The number of ether oxygens (including phenoxy) is 1.